The normalized spacial score (nSPS) is 14.8. The van der Waals surface area contributed by atoms with E-state index in [1.807, 2.05) is 12.1 Å². The van der Waals surface area contributed by atoms with Gasteiger partial charge in [0.15, 0.2) is 0 Å². The molecule has 0 saturated carbocycles. The first-order chi connectivity index (χ1) is 15.4. The number of furan rings is 1. The number of carbonyl (C=O) groups excluding carboxylic acids is 2. The van der Waals surface area contributed by atoms with Crippen molar-refractivity contribution in [1.82, 2.24) is 10.6 Å². The predicted molar refractivity (Wildman–Crippen MR) is 120 cm³/mol. The summed E-state index contributed by atoms with van der Waals surface area (Å²) >= 11 is 0. The molecule has 1 atom stereocenters. The van der Waals surface area contributed by atoms with Crippen LogP contribution in [0.3, 0.4) is 0 Å². The zero-order valence-electron chi connectivity index (χ0n) is 18.2. The minimum absolute atomic E-state index is 0.226. The fourth-order valence-electron chi connectivity index (χ4n) is 3.97. The molecule has 0 bridgehead atoms. The maximum atomic E-state index is 13.6. The van der Waals surface area contributed by atoms with Gasteiger partial charge in [0.2, 0.25) is 0 Å². The smallest absolute Gasteiger partial charge is 0.254 e. The summed E-state index contributed by atoms with van der Waals surface area (Å²) in [5.74, 6) is -0.466. The fourth-order valence-corrected chi connectivity index (χ4v) is 3.97. The predicted octanol–water partition coefficient (Wildman–Crippen LogP) is 3.84. The first-order valence-electron chi connectivity index (χ1n) is 10.7. The zero-order chi connectivity index (χ0) is 22.7. The van der Waals surface area contributed by atoms with Crippen LogP contribution in [0.15, 0.2) is 59.2 Å². The highest BCUT2D eigenvalue weighted by Gasteiger charge is 2.27. The maximum absolute atomic E-state index is 13.6. The first-order valence-corrected chi connectivity index (χ1v) is 10.7. The van der Waals surface area contributed by atoms with Gasteiger partial charge in [-0.15, -0.1) is 0 Å². The Hall–Kier alpha value is -3.61. The standard InChI is InChI=1S/C25H26FN3O3/c1-16-7-8-19(14-21(16)26)24(30)27-10-11-28-25(31)20-9-12-32-23(20)15-29-17(2)13-18-5-3-4-6-22(18)29/h3-9,12,14,17H,10-11,13,15H2,1-2H3,(H,27,30)(H,28,31). The van der Waals surface area contributed by atoms with Crippen molar-refractivity contribution < 1.29 is 18.4 Å². The zero-order valence-corrected chi connectivity index (χ0v) is 18.2. The molecule has 32 heavy (non-hydrogen) atoms. The fraction of sp³-hybridized carbons (Fsp3) is 0.280. The second-order valence-electron chi connectivity index (χ2n) is 8.04. The molecule has 4 rings (SSSR count). The summed E-state index contributed by atoms with van der Waals surface area (Å²) in [5, 5.41) is 5.49. The summed E-state index contributed by atoms with van der Waals surface area (Å²) in [5.41, 5.74) is 3.67. The average Bonchev–Trinajstić information content (AvgIpc) is 3.37. The molecule has 6 nitrogen and oxygen atoms in total. The summed E-state index contributed by atoms with van der Waals surface area (Å²) < 4.78 is 19.3. The Bertz CT molecular complexity index is 1140. The molecule has 0 radical (unpaired) electrons. The average molecular weight is 435 g/mol. The van der Waals surface area contributed by atoms with E-state index in [9.17, 15) is 14.0 Å². The molecule has 2 aromatic carbocycles. The summed E-state index contributed by atoms with van der Waals surface area (Å²) in [6.07, 6.45) is 2.48. The highest BCUT2D eigenvalue weighted by molar-refractivity contribution is 5.96. The van der Waals surface area contributed by atoms with Crippen LogP contribution in [0.5, 0.6) is 0 Å². The lowest BCUT2D eigenvalue weighted by Crippen LogP contribution is -2.35. The van der Waals surface area contributed by atoms with Gasteiger partial charge >= 0.3 is 0 Å². The summed E-state index contributed by atoms with van der Waals surface area (Å²) in [6.45, 7) is 4.77. The minimum atomic E-state index is -0.423. The van der Waals surface area contributed by atoms with Crippen LogP contribution in [0.2, 0.25) is 0 Å². The number of hydrogen-bond acceptors (Lipinski definition) is 4. The van der Waals surface area contributed by atoms with Crippen LogP contribution in [-0.2, 0) is 13.0 Å². The second-order valence-corrected chi connectivity index (χ2v) is 8.04. The monoisotopic (exact) mass is 435 g/mol. The molecular weight excluding hydrogens is 409 g/mol. The maximum Gasteiger partial charge on any atom is 0.254 e. The van der Waals surface area contributed by atoms with Gasteiger partial charge in [0.25, 0.3) is 11.8 Å². The lowest BCUT2D eigenvalue weighted by molar-refractivity contribution is 0.0926. The van der Waals surface area contributed by atoms with Gasteiger partial charge in [-0.3, -0.25) is 9.59 Å². The van der Waals surface area contributed by atoms with E-state index in [4.69, 9.17) is 4.42 Å². The Kier molecular flexibility index (Phi) is 6.25. The van der Waals surface area contributed by atoms with Gasteiger partial charge in [-0.25, -0.2) is 4.39 Å². The number of carbonyl (C=O) groups is 2. The number of halogens is 1. The molecule has 0 saturated heterocycles. The summed E-state index contributed by atoms with van der Waals surface area (Å²) in [4.78, 5) is 27.1. The lowest BCUT2D eigenvalue weighted by atomic mass is 10.1. The lowest BCUT2D eigenvalue weighted by Gasteiger charge is -2.24. The van der Waals surface area contributed by atoms with E-state index < -0.39 is 5.82 Å². The van der Waals surface area contributed by atoms with Gasteiger partial charge in [0.1, 0.15) is 11.6 Å². The van der Waals surface area contributed by atoms with Crippen LogP contribution >= 0.6 is 0 Å². The molecule has 166 valence electrons. The van der Waals surface area contributed by atoms with E-state index in [1.165, 1.54) is 17.9 Å². The number of rotatable bonds is 7. The molecule has 0 spiro atoms. The molecule has 0 aliphatic carbocycles. The van der Waals surface area contributed by atoms with E-state index in [0.717, 1.165) is 12.1 Å². The molecule has 2 amide bonds. The Morgan fingerprint density at radius 2 is 1.84 bits per heavy atom. The van der Waals surface area contributed by atoms with Gasteiger partial charge < -0.3 is 20.0 Å². The van der Waals surface area contributed by atoms with Gasteiger partial charge in [-0.05, 0) is 55.7 Å². The third-order valence-electron chi connectivity index (χ3n) is 5.78. The largest absolute Gasteiger partial charge is 0.467 e. The molecule has 2 heterocycles. The number of amides is 2. The van der Waals surface area contributed by atoms with E-state index in [0.29, 0.717) is 29.5 Å². The second kappa shape index (κ2) is 9.26. The Morgan fingerprint density at radius 3 is 2.62 bits per heavy atom. The van der Waals surface area contributed by atoms with Gasteiger partial charge in [-0.2, -0.15) is 0 Å². The Morgan fingerprint density at radius 1 is 1.09 bits per heavy atom. The third-order valence-corrected chi connectivity index (χ3v) is 5.78. The van der Waals surface area contributed by atoms with Crippen molar-refractivity contribution in [2.24, 2.45) is 0 Å². The number of benzene rings is 2. The van der Waals surface area contributed by atoms with Gasteiger partial charge in [0.05, 0.1) is 18.4 Å². The van der Waals surface area contributed by atoms with Crippen LogP contribution in [0.4, 0.5) is 10.1 Å². The van der Waals surface area contributed by atoms with Crippen molar-refractivity contribution in [2.75, 3.05) is 18.0 Å². The number of para-hydroxylation sites is 1. The van der Waals surface area contributed by atoms with Crippen LogP contribution in [0.25, 0.3) is 0 Å². The van der Waals surface area contributed by atoms with Crippen molar-refractivity contribution in [3.8, 4) is 0 Å². The van der Waals surface area contributed by atoms with E-state index in [1.54, 1.807) is 25.1 Å². The molecule has 7 heteroatoms. The topological polar surface area (TPSA) is 74.6 Å². The van der Waals surface area contributed by atoms with E-state index >= 15 is 0 Å². The molecule has 1 aliphatic rings. The molecule has 1 unspecified atom stereocenters. The number of nitrogens with zero attached hydrogens (tertiary/aromatic N) is 1. The number of nitrogens with one attached hydrogen (secondary N) is 2. The number of anilines is 1. The Labute approximate surface area is 186 Å². The minimum Gasteiger partial charge on any atom is -0.467 e. The highest BCUT2D eigenvalue weighted by atomic mass is 19.1. The van der Waals surface area contributed by atoms with E-state index in [2.05, 4.69) is 34.6 Å². The molecule has 1 aliphatic heterocycles. The Balaban J connectivity index is 1.31. The molecule has 0 fully saturated rings. The van der Waals surface area contributed by atoms with Crippen LogP contribution in [0.1, 0.15) is 44.5 Å². The first kappa shape index (κ1) is 21.6. The molecule has 3 aromatic rings. The number of aryl methyl sites for hydroxylation is 1. The SMILES string of the molecule is Cc1ccc(C(=O)NCCNC(=O)c2ccoc2CN2c3ccccc3CC2C)cc1F. The van der Waals surface area contributed by atoms with Crippen molar-refractivity contribution >= 4 is 17.5 Å². The highest BCUT2D eigenvalue weighted by Crippen LogP contribution is 2.33. The van der Waals surface area contributed by atoms with Crippen LogP contribution in [-0.4, -0.2) is 30.9 Å². The quantitative estimate of drug-likeness (QED) is 0.553. The molecule has 2 N–H and O–H groups in total. The van der Waals surface area contributed by atoms with Crippen molar-refractivity contribution in [1.29, 1.82) is 0 Å². The van der Waals surface area contributed by atoms with Gasteiger partial charge in [0, 0.05) is 30.4 Å². The number of hydrogen-bond donors (Lipinski definition) is 2. The van der Waals surface area contributed by atoms with Crippen LogP contribution < -0.4 is 15.5 Å². The van der Waals surface area contributed by atoms with Gasteiger partial charge in [-0.1, -0.05) is 24.3 Å². The van der Waals surface area contributed by atoms with Crippen molar-refractivity contribution in [2.45, 2.75) is 32.9 Å². The number of fused-ring (bicyclic) bond motifs is 1. The summed E-state index contributed by atoms with van der Waals surface area (Å²) in [6, 6.07) is 14.6. The van der Waals surface area contributed by atoms with Crippen molar-refractivity contribution in [3.05, 3.63) is 88.6 Å². The molecular formula is C25H26FN3O3. The third kappa shape index (κ3) is 4.51. The van der Waals surface area contributed by atoms with E-state index in [-0.39, 0.29) is 30.5 Å². The van der Waals surface area contributed by atoms with Crippen LogP contribution in [0, 0.1) is 12.7 Å². The molecule has 1 aromatic heterocycles. The van der Waals surface area contributed by atoms with Crippen molar-refractivity contribution in [3.63, 3.8) is 0 Å². The summed E-state index contributed by atoms with van der Waals surface area (Å²) in [7, 11) is 0.